The lowest BCUT2D eigenvalue weighted by Gasteiger charge is -2.15. The molecule has 0 fully saturated rings. The van der Waals surface area contributed by atoms with Crippen LogP contribution in [0.4, 0.5) is 4.39 Å². The number of benzene rings is 1. The normalized spacial score (nSPS) is 11.1. The Labute approximate surface area is 114 Å². The molecule has 0 aliphatic carbocycles. The minimum absolute atomic E-state index is 0.292. The lowest BCUT2D eigenvalue weighted by atomic mass is 9.90. The van der Waals surface area contributed by atoms with E-state index >= 15 is 0 Å². The van der Waals surface area contributed by atoms with Crippen LogP contribution in [0.15, 0.2) is 18.2 Å². The van der Waals surface area contributed by atoms with Crippen LogP contribution >= 0.6 is 0 Å². The maximum atomic E-state index is 13.4. The third kappa shape index (κ3) is 5.71. The van der Waals surface area contributed by atoms with E-state index in [1.165, 1.54) is 12.1 Å². The third-order valence-corrected chi connectivity index (χ3v) is 2.83. The quantitative estimate of drug-likeness (QED) is 0.769. The Morgan fingerprint density at radius 3 is 2.74 bits per heavy atom. The second kappa shape index (κ2) is 7.10. The Morgan fingerprint density at radius 1 is 1.37 bits per heavy atom. The number of hydrogen-bond donors (Lipinski definition) is 1. The van der Waals surface area contributed by atoms with E-state index in [-0.39, 0.29) is 11.2 Å². The summed E-state index contributed by atoms with van der Waals surface area (Å²) >= 11 is 0. The Morgan fingerprint density at radius 2 is 2.11 bits per heavy atom. The van der Waals surface area contributed by atoms with Gasteiger partial charge in [0.15, 0.2) is 0 Å². The molecule has 0 unspecified atom stereocenters. The van der Waals surface area contributed by atoms with Crippen molar-refractivity contribution >= 4 is 0 Å². The molecule has 1 N–H and O–H groups in total. The molecular formula is C15H21FN2O. The Kier molecular flexibility index (Phi) is 5.78. The zero-order valence-electron chi connectivity index (χ0n) is 11.8. The Bertz CT molecular complexity index is 452. The number of ether oxygens (including phenoxy) is 1. The van der Waals surface area contributed by atoms with Gasteiger partial charge in [-0.1, -0.05) is 0 Å². The number of nitrogens with zero attached hydrogens (tertiary/aromatic N) is 1. The van der Waals surface area contributed by atoms with E-state index in [0.29, 0.717) is 18.9 Å². The minimum atomic E-state index is -0.331. The van der Waals surface area contributed by atoms with E-state index in [4.69, 9.17) is 10.00 Å². The van der Waals surface area contributed by atoms with Gasteiger partial charge in [-0.3, -0.25) is 0 Å². The molecule has 104 valence electrons. The van der Waals surface area contributed by atoms with Gasteiger partial charge in [-0.25, -0.2) is 4.39 Å². The first kappa shape index (κ1) is 15.5. The van der Waals surface area contributed by atoms with Gasteiger partial charge in [0.1, 0.15) is 11.6 Å². The summed E-state index contributed by atoms with van der Waals surface area (Å²) in [4.78, 5) is 0. The van der Waals surface area contributed by atoms with Gasteiger partial charge >= 0.3 is 0 Å². The summed E-state index contributed by atoms with van der Waals surface area (Å²) in [6.07, 6.45) is 1.54. The zero-order chi connectivity index (χ0) is 14.3. The van der Waals surface area contributed by atoms with Gasteiger partial charge in [-0.05, 0) is 51.4 Å². The van der Waals surface area contributed by atoms with Gasteiger partial charge in [-0.15, -0.1) is 0 Å². The van der Waals surface area contributed by atoms with E-state index in [0.717, 1.165) is 18.4 Å². The van der Waals surface area contributed by atoms with Crippen LogP contribution in [0, 0.1) is 22.6 Å². The first-order valence-corrected chi connectivity index (χ1v) is 6.45. The molecule has 0 radical (unpaired) electrons. The molecule has 4 heteroatoms. The number of nitrogens with one attached hydrogen (secondary N) is 1. The first-order chi connectivity index (χ1) is 8.96. The number of halogens is 1. The molecule has 0 heterocycles. The van der Waals surface area contributed by atoms with Crippen LogP contribution < -0.4 is 10.1 Å². The fourth-order valence-electron chi connectivity index (χ4n) is 1.77. The van der Waals surface area contributed by atoms with Crippen molar-refractivity contribution < 1.29 is 9.13 Å². The predicted octanol–water partition coefficient (Wildman–Crippen LogP) is 3.25. The summed E-state index contributed by atoms with van der Waals surface area (Å²) < 4.78 is 18.9. The van der Waals surface area contributed by atoms with Crippen molar-refractivity contribution in [1.29, 1.82) is 5.26 Å². The first-order valence-electron chi connectivity index (χ1n) is 6.45. The van der Waals surface area contributed by atoms with E-state index in [1.54, 1.807) is 0 Å². The van der Waals surface area contributed by atoms with Crippen molar-refractivity contribution in [2.75, 3.05) is 13.7 Å². The summed E-state index contributed by atoms with van der Waals surface area (Å²) in [5, 5.41) is 11.9. The van der Waals surface area contributed by atoms with Gasteiger partial charge in [0.2, 0.25) is 0 Å². The summed E-state index contributed by atoms with van der Waals surface area (Å²) in [5.41, 5.74) is 0.526. The third-order valence-electron chi connectivity index (χ3n) is 2.83. The molecule has 0 aliphatic heterocycles. The highest BCUT2D eigenvalue weighted by molar-refractivity contribution is 5.29. The molecule has 1 aromatic carbocycles. The lowest BCUT2D eigenvalue weighted by Crippen LogP contribution is -2.10. The molecule has 0 amide bonds. The number of rotatable bonds is 7. The van der Waals surface area contributed by atoms with Crippen LogP contribution in [-0.2, 0) is 6.54 Å². The van der Waals surface area contributed by atoms with E-state index in [2.05, 4.69) is 11.4 Å². The molecule has 1 rings (SSSR count). The van der Waals surface area contributed by atoms with Crippen LogP contribution in [0.1, 0.15) is 32.3 Å². The van der Waals surface area contributed by atoms with Crippen molar-refractivity contribution in [2.45, 2.75) is 33.2 Å². The summed E-state index contributed by atoms with van der Waals surface area (Å²) in [5.74, 6) is 0.250. The van der Waals surface area contributed by atoms with Crippen LogP contribution in [0.2, 0.25) is 0 Å². The molecule has 0 saturated heterocycles. The molecule has 0 bridgehead atoms. The van der Waals surface area contributed by atoms with Crippen molar-refractivity contribution in [3.63, 3.8) is 0 Å². The van der Waals surface area contributed by atoms with E-state index in [1.807, 2.05) is 27.0 Å². The average molecular weight is 264 g/mol. The smallest absolute Gasteiger partial charge is 0.127 e. The van der Waals surface area contributed by atoms with Gasteiger partial charge in [0.05, 0.1) is 18.1 Å². The second-order valence-electron chi connectivity index (χ2n) is 5.27. The van der Waals surface area contributed by atoms with Crippen LogP contribution in [-0.4, -0.2) is 13.7 Å². The van der Waals surface area contributed by atoms with Gasteiger partial charge < -0.3 is 10.1 Å². The number of hydrogen-bond acceptors (Lipinski definition) is 3. The largest absolute Gasteiger partial charge is 0.493 e. The van der Waals surface area contributed by atoms with E-state index in [9.17, 15) is 4.39 Å². The topological polar surface area (TPSA) is 45.0 Å². The monoisotopic (exact) mass is 264 g/mol. The minimum Gasteiger partial charge on any atom is -0.493 e. The Balaban J connectivity index is 2.47. The molecule has 0 spiro atoms. The van der Waals surface area contributed by atoms with Crippen molar-refractivity contribution in [2.24, 2.45) is 5.41 Å². The summed E-state index contributed by atoms with van der Waals surface area (Å²) in [6, 6.07) is 6.95. The zero-order valence-corrected chi connectivity index (χ0v) is 11.8. The maximum Gasteiger partial charge on any atom is 0.127 e. The van der Waals surface area contributed by atoms with Crippen LogP contribution in [0.5, 0.6) is 5.75 Å². The standard InChI is InChI=1S/C15H21FN2O/c1-15(2,11-17)5-4-6-19-14-8-12(10-18-3)7-13(16)9-14/h7-9,18H,4-6,10H2,1-3H3. The number of nitriles is 1. The SMILES string of the molecule is CNCc1cc(F)cc(OCCCC(C)(C)C#N)c1. The predicted molar refractivity (Wildman–Crippen MR) is 73.3 cm³/mol. The van der Waals surface area contributed by atoms with Gasteiger partial charge in [0, 0.05) is 12.6 Å². The van der Waals surface area contributed by atoms with Crippen molar-refractivity contribution in [3.05, 3.63) is 29.6 Å². The molecule has 0 aromatic heterocycles. The summed E-state index contributed by atoms with van der Waals surface area (Å²) in [7, 11) is 1.81. The fraction of sp³-hybridized carbons (Fsp3) is 0.533. The van der Waals surface area contributed by atoms with Crippen molar-refractivity contribution in [1.82, 2.24) is 5.32 Å². The molecule has 0 aliphatic rings. The fourth-order valence-corrected chi connectivity index (χ4v) is 1.77. The van der Waals surface area contributed by atoms with Crippen LogP contribution in [0.25, 0.3) is 0 Å². The Hall–Kier alpha value is -1.60. The highest BCUT2D eigenvalue weighted by atomic mass is 19.1. The molecule has 0 saturated carbocycles. The molecular weight excluding hydrogens is 243 g/mol. The van der Waals surface area contributed by atoms with E-state index < -0.39 is 0 Å². The average Bonchev–Trinajstić information content (AvgIpc) is 2.34. The van der Waals surface area contributed by atoms with Crippen molar-refractivity contribution in [3.8, 4) is 11.8 Å². The van der Waals surface area contributed by atoms with Crippen LogP contribution in [0.3, 0.4) is 0 Å². The van der Waals surface area contributed by atoms with Gasteiger partial charge in [0.25, 0.3) is 0 Å². The molecule has 1 aromatic rings. The second-order valence-corrected chi connectivity index (χ2v) is 5.27. The molecule has 3 nitrogen and oxygen atoms in total. The highest BCUT2D eigenvalue weighted by Gasteiger charge is 2.15. The lowest BCUT2D eigenvalue weighted by molar-refractivity contribution is 0.283. The molecule has 0 atom stereocenters. The highest BCUT2D eigenvalue weighted by Crippen LogP contribution is 2.21. The van der Waals surface area contributed by atoms with Gasteiger partial charge in [-0.2, -0.15) is 5.26 Å². The maximum absolute atomic E-state index is 13.4. The molecule has 19 heavy (non-hydrogen) atoms. The summed E-state index contributed by atoms with van der Waals surface area (Å²) in [6.45, 7) is 4.91.